The zero-order chi connectivity index (χ0) is 22.2. The van der Waals surface area contributed by atoms with Gasteiger partial charge >= 0.3 is 19.6 Å². The molecule has 0 radical (unpaired) electrons. The Labute approximate surface area is 167 Å². The number of carbonyl (C=O) groups excluding carboxylic acids is 1. The van der Waals surface area contributed by atoms with Crippen LogP contribution in [0, 0.1) is 6.08 Å². The molecule has 3 heterocycles. The van der Waals surface area contributed by atoms with Gasteiger partial charge < -0.3 is 39.9 Å². The number of rotatable bonds is 7. The molecular formula is C14H19FN5O9P. The fraction of sp³-hybridized carbons (Fsp3) is 0.571. The highest BCUT2D eigenvalue weighted by Crippen LogP contribution is 2.43. The van der Waals surface area contributed by atoms with Crippen molar-refractivity contribution in [3.8, 4) is 0 Å². The Morgan fingerprint density at radius 3 is 2.73 bits per heavy atom. The second-order valence-electron chi connectivity index (χ2n) is 6.28. The van der Waals surface area contributed by atoms with Crippen LogP contribution in [0.4, 0.5) is 10.2 Å². The quantitative estimate of drug-likeness (QED) is 0.180. The summed E-state index contributed by atoms with van der Waals surface area (Å²) in [7, 11) is -5.04. The molecule has 0 saturated carbocycles. The van der Waals surface area contributed by atoms with Gasteiger partial charge in [-0.2, -0.15) is 14.4 Å². The van der Waals surface area contributed by atoms with Crippen molar-refractivity contribution in [3.05, 3.63) is 12.4 Å². The number of aliphatic hydroxyl groups excluding tert-OH is 2. The van der Waals surface area contributed by atoms with E-state index in [9.17, 15) is 33.7 Å². The van der Waals surface area contributed by atoms with Crippen LogP contribution >= 0.6 is 7.60 Å². The number of carbonyl (C=O) groups is 1. The minimum Gasteiger partial charge on any atom is -0.464 e. The third kappa shape index (κ3) is 4.27. The predicted molar refractivity (Wildman–Crippen MR) is 94.0 cm³/mol. The summed E-state index contributed by atoms with van der Waals surface area (Å²) in [6.45, 7) is 0.618. The molecule has 1 aliphatic heterocycles. The summed E-state index contributed by atoms with van der Waals surface area (Å²) < 4.78 is 41.1. The van der Waals surface area contributed by atoms with E-state index in [2.05, 4.69) is 19.7 Å². The Bertz CT molecular complexity index is 984. The predicted octanol–water partition coefficient (Wildman–Crippen LogP) is -1.75. The molecule has 0 aliphatic carbocycles. The Kier molecular flexibility index (Phi) is 6.33. The van der Waals surface area contributed by atoms with E-state index < -0.39 is 56.6 Å². The van der Waals surface area contributed by atoms with Gasteiger partial charge in [-0.05, 0) is 6.92 Å². The number of anilines is 1. The molecule has 1 saturated heterocycles. The second kappa shape index (κ2) is 8.47. The second-order valence-corrected chi connectivity index (χ2v) is 7.92. The molecule has 1 fully saturated rings. The number of imidazole rings is 1. The van der Waals surface area contributed by atoms with E-state index >= 15 is 0 Å². The van der Waals surface area contributed by atoms with E-state index in [0.717, 1.165) is 10.9 Å². The van der Waals surface area contributed by atoms with Gasteiger partial charge in [0.1, 0.15) is 18.3 Å². The fourth-order valence-electron chi connectivity index (χ4n) is 2.90. The van der Waals surface area contributed by atoms with Gasteiger partial charge in [0, 0.05) is 0 Å². The van der Waals surface area contributed by atoms with Gasteiger partial charge in [-0.25, -0.2) is 9.78 Å². The van der Waals surface area contributed by atoms with Crippen LogP contribution in [0.3, 0.4) is 0 Å². The number of halogens is 1. The smallest absolute Gasteiger partial charge is 0.365 e. The fourth-order valence-corrected chi connectivity index (χ4v) is 3.53. The molecule has 3 rings (SSSR count). The van der Waals surface area contributed by atoms with Crippen molar-refractivity contribution in [2.24, 2.45) is 0 Å². The van der Waals surface area contributed by atoms with Gasteiger partial charge in [-0.1, -0.05) is 0 Å². The zero-order valence-corrected chi connectivity index (χ0v) is 16.3. The standard InChI is InChI=1S/C14H19FN5O9P/c1-2-27-12(23)13(30(24,25)26)28-3-5-7(21)8(22)11(29-5)20-4-17-6-9(16)18-14(15)19-10(6)20/h4-5,7-8,11,13,21-22H,2-3H2,1H3,(H2,16,18,19)(H2,24,25,26)/t5-,7-,8-,11-,13+/m1/s1. The van der Waals surface area contributed by atoms with Crippen molar-refractivity contribution in [3.63, 3.8) is 0 Å². The molecule has 2 aromatic heterocycles. The SMILES string of the molecule is CCOC(=O)[C@@H](OC[C@H]1O[C@@H](n2cnc3c(N)nc(F)nc32)[C@H](O)[C@@H]1O)P(=O)(O)O. The first-order valence-corrected chi connectivity index (χ1v) is 10.2. The van der Waals surface area contributed by atoms with Crippen molar-refractivity contribution in [2.75, 3.05) is 18.9 Å². The minimum atomic E-state index is -5.04. The van der Waals surface area contributed by atoms with Crippen LogP contribution in [-0.2, 0) is 23.6 Å². The lowest BCUT2D eigenvalue weighted by molar-refractivity contribution is -0.155. The summed E-state index contributed by atoms with van der Waals surface area (Å²) in [5, 5.41) is 20.6. The van der Waals surface area contributed by atoms with Crippen LogP contribution < -0.4 is 5.73 Å². The van der Waals surface area contributed by atoms with Gasteiger partial charge in [0.2, 0.25) is 0 Å². The van der Waals surface area contributed by atoms with Crippen LogP contribution in [0.25, 0.3) is 11.2 Å². The highest BCUT2D eigenvalue weighted by molar-refractivity contribution is 7.53. The molecule has 0 bridgehead atoms. The molecule has 0 amide bonds. The third-order valence-electron chi connectivity index (χ3n) is 4.24. The average Bonchev–Trinajstić information content (AvgIpc) is 3.17. The largest absolute Gasteiger partial charge is 0.464 e. The summed E-state index contributed by atoms with van der Waals surface area (Å²) in [6.07, 6.45) is -5.80. The number of nitrogens with two attached hydrogens (primary N) is 1. The molecule has 0 unspecified atom stereocenters. The van der Waals surface area contributed by atoms with Gasteiger partial charge in [0.25, 0.3) is 5.85 Å². The van der Waals surface area contributed by atoms with E-state index in [1.54, 1.807) is 0 Å². The highest BCUT2D eigenvalue weighted by Gasteiger charge is 2.46. The number of nitrogens with zero attached hydrogens (tertiary/aromatic N) is 4. The highest BCUT2D eigenvalue weighted by atomic mass is 31.2. The number of hydrogen-bond donors (Lipinski definition) is 5. The van der Waals surface area contributed by atoms with Crippen molar-refractivity contribution >= 4 is 30.5 Å². The number of aliphatic hydroxyl groups is 2. The Hall–Kier alpha value is -2.26. The summed E-state index contributed by atoms with van der Waals surface area (Å²) in [5.41, 5.74) is 5.49. The molecule has 0 aromatic carbocycles. The van der Waals surface area contributed by atoms with E-state index in [0.29, 0.717) is 0 Å². The van der Waals surface area contributed by atoms with E-state index in [-0.39, 0.29) is 23.6 Å². The molecule has 2 aromatic rings. The van der Waals surface area contributed by atoms with E-state index in [1.165, 1.54) is 6.92 Å². The van der Waals surface area contributed by atoms with Crippen LogP contribution in [0.2, 0.25) is 0 Å². The Morgan fingerprint density at radius 2 is 2.10 bits per heavy atom. The van der Waals surface area contributed by atoms with Crippen molar-refractivity contribution < 1.29 is 48.0 Å². The molecule has 1 aliphatic rings. The van der Waals surface area contributed by atoms with Crippen LogP contribution in [0.15, 0.2) is 6.33 Å². The first kappa shape index (κ1) is 22.4. The van der Waals surface area contributed by atoms with Crippen molar-refractivity contribution in [2.45, 2.75) is 37.3 Å². The van der Waals surface area contributed by atoms with Crippen LogP contribution in [0.5, 0.6) is 0 Å². The van der Waals surface area contributed by atoms with Crippen LogP contribution in [0.1, 0.15) is 13.2 Å². The van der Waals surface area contributed by atoms with Gasteiger partial charge in [-0.15, -0.1) is 0 Å². The monoisotopic (exact) mass is 451 g/mol. The number of ether oxygens (including phenoxy) is 3. The van der Waals surface area contributed by atoms with Crippen molar-refractivity contribution in [1.29, 1.82) is 0 Å². The van der Waals surface area contributed by atoms with Gasteiger partial charge in [0.15, 0.2) is 23.2 Å². The Morgan fingerprint density at radius 1 is 1.40 bits per heavy atom. The summed E-state index contributed by atoms with van der Waals surface area (Å²) in [4.78, 5) is 41.1. The average molecular weight is 451 g/mol. The third-order valence-corrected chi connectivity index (χ3v) is 5.22. The normalized spacial score (nSPS) is 25.5. The topological polar surface area (TPSA) is 212 Å². The van der Waals surface area contributed by atoms with Gasteiger partial charge in [-0.3, -0.25) is 9.13 Å². The number of hydrogen-bond acceptors (Lipinski definition) is 11. The molecule has 6 N–H and O–H groups in total. The lowest BCUT2D eigenvalue weighted by Crippen LogP contribution is -2.36. The summed E-state index contributed by atoms with van der Waals surface area (Å²) >= 11 is 0. The number of esters is 1. The molecule has 16 heteroatoms. The molecule has 14 nitrogen and oxygen atoms in total. The van der Waals surface area contributed by atoms with Gasteiger partial charge in [0.05, 0.1) is 19.5 Å². The molecule has 30 heavy (non-hydrogen) atoms. The summed E-state index contributed by atoms with van der Waals surface area (Å²) in [5.74, 6) is -3.78. The minimum absolute atomic E-state index is 0.0327. The molecular weight excluding hydrogens is 432 g/mol. The van der Waals surface area contributed by atoms with E-state index in [1.807, 2.05) is 0 Å². The van der Waals surface area contributed by atoms with Crippen molar-refractivity contribution in [1.82, 2.24) is 19.5 Å². The molecule has 5 atom stereocenters. The maximum Gasteiger partial charge on any atom is 0.365 e. The number of fused-ring (bicyclic) bond motifs is 1. The summed E-state index contributed by atoms with van der Waals surface area (Å²) in [6, 6.07) is 0. The first-order chi connectivity index (χ1) is 14.0. The molecule has 0 spiro atoms. The maximum atomic E-state index is 13.5. The maximum absolute atomic E-state index is 13.5. The van der Waals surface area contributed by atoms with Crippen LogP contribution in [-0.4, -0.2) is 82.9 Å². The lowest BCUT2D eigenvalue weighted by Gasteiger charge is -2.20. The Balaban J connectivity index is 1.79. The number of aromatic nitrogens is 4. The lowest BCUT2D eigenvalue weighted by atomic mass is 10.1. The van der Waals surface area contributed by atoms with E-state index in [4.69, 9.17) is 15.2 Å². The zero-order valence-electron chi connectivity index (χ0n) is 15.4. The number of nitrogen functional groups attached to an aromatic ring is 1. The molecule has 166 valence electrons. The first-order valence-electron chi connectivity index (χ1n) is 8.55.